The van der Waals surface area contributed by atoms with E-state index < -0.39 is 11.6 Å². The Morgan fingerprint density at radius 2 is 1.90 bits per heavy atom. The van der Waals surface area contributed by atoms with Gasteiger partial charge in [-0.15, -0.1) is 11.8 Å². The highest BCUT2D eigenvalue weighted by Gasteiger charge is 2.25. The molecule has 164 valence electrons. The highest BCUT2D eigenvalue weighted by molar-refractivity contribution is 7.99. The molecule has 1 N–H and O–H groups in total. The molecule has 2 aliphatic heterocycles. The third kappa shape index (κ3) is 5.18. The van der Waals surface area contributed by atoms with E-state index in [9.17, 15) is 18.4 Å². The first-order valence-electron chi connectivity index (χ1n) is 10.5. The lowest BCUT2D eigenvalue weighted by molar-refractivity contribution is -0.125. The summed E-state index contributed by atoms with van der Waals surface area (Å²) in [6.07, 6.45) is 1.20. The molecule has 0 spiro atoms. The molecule has 2 aromatic rings. The van der Waals surface area contributed by atoms with Crippen LogP contribution in [0.1, 0.15) is 19.3 Å². The van der Waals surface area contributed by atoms with Crippen molar-refractivity contribution in [3.63, 3.8) is 0 Å². The summed E-state index contributed by atoms with van der Waals surface area (Å²) in [5, 5.41) is 2.92. The largest absolute Gasteiger partial charge is 0.371 e. The summed E-state index contributed by atoms with van der Waals surface area (Å²) in [6.45, 7) is 2.57. The van der Waals surface area contributed by atoms with Gasteiger partial charge in [0, 0.05) is 61.4 Å². The number of rotatable bonds is 6. The summed E-state index contributed by atoms with van der Waals surface area (Å²) in [5.41, 5.74) is 1.57. The third-order valence-corrected chi connectivity index (χ3v) is 6.78. The number of anilines is 2. The van der Waals surface area contributed by atoms with Crippen molar-refractivity contribution in [1.82, 2.24) is 5.32 Å². The SMILES string of the molecule is O=C(CCC(=O)N1CCSc2ccccc21)NCC1CCN(c2ccc(F)c(F)c2)C1. The maximum absolute atomic E-state index is 13.5. The lowest BCUT2D eigenvalue weighted by Crippen LogP contribution is -2.36. The second-order valence-corrected chi connectivity index (χ2v) is 9.00. The lowest BCUT2D eigenvalue weighted by atomic mass is 10.1. The van der Waals surface area contributed by atoms with Crippen molar-refractivity contribution >= 4 is 35.0 Å². The molecule has 0 radical (unpaired) electrons. The van der Waals surface area contributed by atoms with E-state index in [0.29, 0.717) is 25.3 Å². The molecule has 2 aromatic carbocycles. The van der Waals surface area contributed by atoms with Crippen molar-refractivity contribution in [2.24, 2.45) is 5.92 Å². The van der Waals surface area contributed by atoms with Crippen molar-refractivity contribution < 1.29 is 18.4 Å². The Labute approximate surface area is 184 Å². The van der Waals surface area contributed by atoms with Crippen LogP contribution < -0.4 is 15.1 Å². The van der Waals surface area contributed by atoms with Crippen LogP contribution in [0.2, 0.25) is 0 Å². The minimum Gasteiger partial charge on any atom is -0.371 e. The zero-order chi connectivity index (χ0) is 21.8. The summed E-state index contributed by atoms with van der Waals surface area (Å²) >= 11 is 1.74. The fourth-order valence-electron chi connectivity index (χ4n) is 4.05. The molecule has 4 rings (SSSR count). The first kappa shape index (κ1) is 21.6. The quantitative estimate of drug-likeness (QED) is 0.735. The molecule has 1 fully saturated rings. The fourth-order valence-corrected chi connectivity index (χ4v) is 5.04. The van der Waals surface area contributed by atoms with E-state index in [1.807, 2.05) is 29.2 Å². The van der Waals surface area contributed by atoms with Gasteiger partial charge < -0.3 is 15.1 Å². The standard InChI is InChI=1S/C23H25F2N3O2S/c24-18-6-5-17(13-19(18)25)27-10-9-16(15-27)14-26-22(29)7-8-23(30)28-11-12-31-21-4-2-1-3-20(21)28/h1-6,13,16H,7-12,14-15H2,(H,26,29). The number of benzene rings is 2. The van der Waals surface area contributed by atoms with E-state index in [1.165, 1.54) is 6.07 Å². The molecular weight excluding hydrogens is 420 g/mol. The lowest BCUT2D eigenvalue weighted by Gasteiger charge is -2.29. The van der Waals surface area contributed by atoms with Gasteiger partial charge in [0.05, 0.1) is 5.69 Å². The number of nitrogens with one attached hydrogen (secondary N) is 1. The first-order chi connectivity index (χ1) is 15.0. The van der Waals surface area contributed by atoms with E-state index in [-0.39, 0.29) is 30.6 Å². The van der Waals surface area contributed by atoms with E-state index in [4.69, 9.17) is 0 Å². The molecule has 2 aliphatic rings. The average Bonchev–Trinajstić information content (AvgIpc) is 3.26. The molecule has 8 heteroatoms. The molecule has 1 unspecified atom stereocenters. The van der Waals surface area contributed by atoms with E-state index in [1.54, 1.807) is 22.7 Å². The Morgan fingerprint density at radius 1 is 1.06 bits per heavy atom. The van der Waals surface area contributed by atoms with Crippen LogP contribution in [-0.4, -0.2) is 43.7 Å². The number of carbonyl (C=O) groups excluding carboxylic acids is 2. The summed E-state index contributed by atoms with van der Waals surface area (Å²) in [5.74, 6) is -0.793. The van der Waals surface area contributed by atoms with Gasteiger partial charge in [0.25, 0.3) is 0 Å². The van der Waals surface area contributed by atoms with Crippen LogP contribution in [0.3, 0.4) is 0 Å². The van der Waals surface area contributed by atoms with Crippen LogP contribution >= 0.6 is 11.8 Å². The Bertz CT molecular complexity index is 972. The summed E-state index contributed by atoms with van der Waals surface area (Å²) in [7, 11) is 0. The Balaban J connectivity index is 1.21. The van der Waals surface area contributed by atoms with E-state index in [0.717, 1.165) is 35.4 Å². The van der Waals surface area contributed by atoms with Gasteiger partial charge in [0.15, 0.2) is 11.6 Å². The Kier molecular flexibility index (Phi) is 6.75. The molecule has 0 aliphatic carbocycles. The fraction of sp³-hybridized carbons (Fsp3) is 0.391. The van der Waals surface area contributed by atoms with Gasteiger partial charge in [0.1, 0.15) is 0 Å². The highest BCUT2D eigenvalue weighted by Crippen LogP contribution is 2.34. The second kappa shape index (κ2) is 9.68. The van der Waals surface area contributed by atoms with Crippen LogP contribution in [0, 0.1) is 17.6 Å². The van der Waals surface area contributed by atoms with E-state index >= 15 is 0 Å². The minimum atomic E-state index is -0.854. The number of nitrogens with zero attached hydrogens (tertiary/aromatic N) is 2. The monoisotopic (exact) mass is 445 g/mol. The molecule has 2 amide bonds. The van der Waals surface area contributed by atoms with Gasteiger partial charge in [-0.1, -0.05) is 12.1 Å². The molecule has 31 heavy (non-hydrogen) atoms. The molecule has 0 aromatic heterocycles. The molecule has 1 saturated heterocycles. The van der Waals surface area contributed by atoms with E-state index in [2.05, 4.69) is 5.32 Å². The van der Waals surface area contributed by atoms with Gasteiger partial charge in [-0.05, 0) is 36.6 Å². The number of thioether (sulfide) groups is 1. The maximum atomic E-state index is 13.5. The van der Waals surface area contributed by atoms with Gasteiger partial charge >= 0.3 is 0 Å². The number of hydrogen-bond acceptors (Lipinski definition) is 4. The average molecular weight is 446 g/mol. The molecule has 2 heterocycles. The summed E-state index contributed by atoms with van der Waals surface area (Å²) in [4.78, 5) is 29.8. The molecule has 0 saturated carbocycles. The molecule has 5 nitrogen and oxygen atoms in total. The number of hydrogen-bond donors (Lipinski definition) is 1. The summed E-state index contributed by atoms with van der Waals surface area (Å²) in [6, 6.07) is 11.8. The maximum Gasteiger partial charge on any atom is 0.227 e. The molecular formula is C23H25F2N3O2S. The normalized spacial score (nSPS) is 18.1. The molecule has 1 atom stereocenters. The highest BCUT2D eigenvalue weighted by atomic mass is 32.2. The van der Waals surface area contributed by atoms with Crippen molar-refractivity contribution in [3.05, 3.63) is 54.1 Å². The van der Waals surface area contributed by atoms with Crippen molar-refractivity contribution in [3.8, 4) is 0 Å². The zero-order valence-electron chi connectivity index (χ0n) is 17.2. The number of carbonyl (C=O) groups is 2. The van der Waals surface area contributed by atoms with Crippen LogP contribution in [-0.2, 0) is 9.59 Å². The topological polar surface area (TPSA) is 52.7 Å². The Hall–Kier alpha value is -2.61. The van der Waals surface area contributed by atoms with Crippen molar-refractivity contribution in [2.45, 2.75) is 24.2 Å². The van der Waals surface area contributed by atoms with Gasteiger partial charge in [-0.3, -0.25) is 9.59 Å². The van der Waals surface area contributed by atoms with Gasteiger partial charge in [-0.25, -0.2) is 8.78 Å². The van der Waals surface area contributed by atoms with Crippen molar-refractivity contribution in [2.75, 3.05) is 41.7 Å². The Morgan fingerprint density at radius 3 is 2.74 bits per heavy atom. The van der Waals surface area contributed by atoms with Crippen LogP contribution in [0.5, 0.6) is 0 Å². The molecule has 0 bridgehead atoms. The van der Waals surface area contributed by atoms with Crippen LogP contribution in [0.25, 0.3) is 0 Å². The number of amides is 2. The van der Waals surface area contributed by atoms with Crippen molar-refractivity contribution in [1.29, 1.82) is 0 Å². The van der Waals surface area contributed by atoms with Crippen LogP contribution in [0.15, 0.2) is 47.4 Å². The third-order valence-electron chi connectivity index (χ3n) is 5.74. The summed E-state index contributed by atoms with van der Waals surface area (Å²) < 4.78 is 26.6. The second-order valence-electron chi connectivity index (χ2n) is 7.86. The minimum absolute atomic E-state index is 0.0340. The van der Waals surface area contributed by atoms with Gasteiger partial charge in [-0.2, -0.15) is 0 Å². The number of para-hydroxylation sites is 1. The smallest absolute Gasteiger partial charge is 0.227 e. The van der Waals surface area contributed by atoms with Crippen LogP contribution in [0.4, 0.5) is 20.2 Å². The first-order valence-corrected chi connectivity index (χ1v) is 11.5. The predicted octanol–water partition coefficient (Wildman–Crippen LogP) is 3.83. The van der Waals surface area contributed by atoms with Gasteiger partial charge in [0.2, 0.25) is 11.8 Å². The number of fused-ring (bicyclic) bond motifs is 1. The predicted molar refractivity (Wildman–Crippen MR) is 118 cm³/mol. The zero-order valence-corrected chi connectivity index (χ0v) is 18.0. The number of halogens is 2.